The summed E-state index contributed by atoms with van der Waals surface area (Å²) in [7, 11) is 0. The van der Waals surface area contributed by atoms with E-state index in [1.54, 1.807) is 6.07 Å². The first-order chi connectivity index (χ1) is 11.3. The van der Waals surface area contributed by atoms with E-state index in [9.17, 15) is 27.9 Å². The Hall–Kier alpha value is -2.05. The van der Waals surface area contributed by atoms with Gasteiger partial charge in [-0.05, 0) is 43.2 Å². The van der Waals surface area contributed by atoms with Gasteiger partial charge in [0, 0.05) is 12.5 Å². The maximum absolute atomic E-state index is 12.8. The molecule has 130 valence electrons. The van der Waals surface area contributed by atoms with Crippen molar-refractivity contribution < 1.29 is 27.9 Å². The maximum atomic E-state index is 12.8. The van der Waals surface area contributed by atoms with Gasteiger partial charge in [-0.25, -0.2) is 4.79 Å². The molecule has 1 saturated carbocycles. The number of alkyl halides is 3. The molecule has 1 aromatic carbocycles. The van der Waals surface area contributed by atoms with Gasteiger partial charge in [0.15, 0.2) is 0 Å². The molecule has 0 radical (unpaired) electrons. The van der Waals surface area contributed by atoms with Crippen LogP contribution in [0.3, 0.4) is 0 Å². The van der Waals surface area contributed by atoms with Gasteiger partial charge in [-0.1, -0.05) is 18.2 Å². The number of carbonyl (C=O) groups excluding carboxylic acids is 1. The number of amides is 1. The Balaban J connectivity index is 1.73. The Morgan fingerprint density at radius 2 is 1.96 bits per heavy atom. The number of aliphatic carboxylic acids is 1. The minimum atomic E-state index is -4.41. The monoisotopic (exact) mass is 341 g/mol. The van der Waals surface area contributed by atoms with Crippen LogP contribution in [0.2, 0.25) is 0 Å². The van der Waals surface area contributed by atoms with Gasteiger partial charge < -0.3 is 10.0 Å². The Kier molecular flexibility index (Phi) is 4.27. The molecule has 2 aliphatic rings. The highest BCUT2D eigenvalue weighted by Gasteiger charge is 2.48. The van der Waals surface area contributed by atoms with Crippen molar-refractivity contribution in [2.45, 2.75) is 43.8 Å². The molecule has 1 aromatic rings. The van der Waals surface area contributed by atoms with Gasteiger partial charge in [0.2, 0.25) is 5.91 Å². The summed E-state index contributed by atoms with van der Waals surface area (Å²) in [5.74, 6) is -1.92. The highest BCUT2D eigenvalue weighted by atomic mass is 19.4. The molecule has 1 heterocycles. The Morgan fingerprint density at radius 1 is 1.21 bits per heavy atom. The number of hydrogen-bond acceptors (Lipinski definition) is 2. The van der Waals surface area contributed by atoms with Crippen LogP contribution in [0.5, 0.6) is 0 Å². The number of likely N-dealkylation sites (tertiary alicyclic amines) is 1. The van der Waals surface area contributed by atoms with Crippen molar-refractivity contribution in [2.24, 2.45) is 5.92 Å². The molecule has 0 bridgehead atoms. The molecule has 1 aliphatic heterocycles. The third kappa shape index (κ3) is 3.25. The van der Waals surface area contributed by atoms with E-state index in [0.717, 1.165) is 25.0 Å². The number of carboxylic acid groups (broad SMARTS) is 1. The number of carboxylic acids is 1. The summed E-state index contributed by atoms with van der Waals surface area (Å²) in [6.45, 7) is 0.404. The number of halogens is 3. The summed E-state index contributed by atoms with van der Waals surface area (Å²) >= 11 is 0. The van der Waals surface area contributed by atoms with Crippen molar-refractivity contribution in [1.82, 2.24) is 4.90 Å². The molecule has 2 fully saturated rings. The van der Waals surface area contributed by atoms with E-state index in [0.29, 0.717) is 24.9 Å². The van der Waals surface area contributed by atoms with Gasteiger partial charge in [0.25, 0.3) is 0 Å². The lowest BCUT2D eigenvalue weighted by Crippen LogP contribution is -2.48. The fraction of sp³-hybridized carbons (Fsp3) is 0.529. The number of hydrogen-bond donors (Lipinski definition) is 1. The van der Waals surface area contributed by atoms with Crippen LogP contribution >= 0.6 is 0 Å². The third-order valence-electron chi connectivity index (χ3n) is 4.82. The summed E-state index contributed by atoms with van der Waals surface area (Å²) < 4.78 is 38.4. The maximum Gasteiger partial charge on any atom is 0.416 e. The van der Waals surface area contributed by atoms with Crippen LogP contribution in [0.1, 0.15) is 42.7 Å². The molecule has 24 heavy (non-hydrogen) atoms. The zero-order chi connectivity index (χ0) is 17.5. The molecule has 4 nitrogen and oxygen atoms in total. The van der Waals surface area contributed by atoms with Crippen molar-refractivity contribution in [3.63, 3.8) is 0 Å². The van der Waals surface area contributed by atoms with Crippen LogP contribution in [-0.2, 0) is 15.8 Å². The Morgan fingerprint density at radius 3 is 2.62 bits per heavy atom. The zero-order valence-electron chi connectivity index (χ0n) is 12.9. The van der Waals surface area contributed by atoms with Crippen LogP contribution in [0, 0.1) is 5.92 Å². The average molecular weight is 341 g/mol. The average Bonchev–Trinajstić information content (AvgIpc) is 3.34. The summed E-state index contributed by atoms with van der Waals surface area (Å²) in [6.07, 6.45) is -1.98. The molecule has 0 spiro atoms. The summed E-state index contributed by atoms with van der Waals surface area (Å²) in [5, 5.41) is 9.25. The lowest BCUT2D eigenvalue weighted by atomic mass is 10.0. The van der Waals surface area contributed by atoms with E-state index in [4.69, 9.17) is 0 Å². The van der Waals surface area contributed by atoms with E-state index in [1.807, 2.05) is 0 Å². The SMILES string of the molecule is O=C(O)C1CCCCN1C(=O)C1CC1c1cccc(C(F)(F)F)c1. The van der Waals surface area contributed by atoms with Crippen molar-refractivity contribution >= 4 is 11.9 Å². The zero-order valence-corrected chi connectivity index (χ0v) is 12.9. The summed E-state index contributed by atoms with van der Waals surface area (Å²) in [4.78, 5) is 25.3. The Labute approximate surface area is 137 Å². The lowest BCUT2D eigenvalue weighted by Gasteiger charge is -2.33. The van der Waals surface area contributed by atoms with Crippen molar-refractivity contribution in [3.8, 4) is 0 Å². The van der Waals surface area contributed by atoms with Crippen LogP contribution in [0.25, 0.3) is 0 Å². The van der Waals surface area contributed by atoms with Gasteiger partial charge in [-0.2, -0.15) is 13.2 Å². The van der Waals surface area contributed by atoms with Crippen LogP contribution in [0.4, 0.5) is 13.2 Å². The smallest absolute Gasteiger partial charge is 0.416 e. The molecular weight excluding hydrogens is 323 g/mol. The predicted octanol–water partition coefficient (Wildman–Crippen LogP) is 3.27. The standard InChI is InChI=1S/C17H18F3NO3/c18-17(19,20)11-5-3-4-10(8-11)12-9-13(12)15(22)21-7-2-1-6-14(21)16(23)24/h3-5,8,12-14H,1-2,6-7,9H2,(H,23,24). The molecule has 7 heteroatoms. The highest BCUT2D eigenvalue weighted by Crippen LogP contribution is 2.49. The molecule has 1 amide bonds. The van der Waals surface area contributed by atoms with E-state index < -0.39 is 29.7 Å². The fourth-order valence-corrected chi connectivity index (χ4v) is 3.45. The van der Waals surface area contributed by atoms with E-state index in [1.165, 1.54) is 11.0 Å². The predicted molar refractivity (Wildman–Crippen MR) is 79.3 cm³/mol. The van der Waals surface area contributed by atoms with Crippen LogP contribution in [0.15, 0.2) is 24.3 Å². The van der Waals surface area contributed by atoms with Gasteiger partial charge in [-0.3, -0.25) is 4.79 Å². The fourth-order valence-electron chi connectivity index (χ4n) is 3.45. The third-order valence-corrected chi connectivity index (χ3v) is 4.82. The molecule has 3 unspecified atom stereocenters. The highest BCUT2D eigenvalue weighted by molar-refractivity contribution is 5.87. The van der Waals surface area contributed by atoms with Crippen molar-refractivity contribution in [2.75, 3.05) is 6.54 Å². The molecule has 1 aliphatic carbocycles. The molecule has 1 N–H and O–H groups in total. The van der Waals surface area contributed by atoms with Crippen molar-refractivity contribution in [1.29, 1.82) is 0 Å². The summed E-state index contributed by atoms with van der Waals surface area (Å²) in [5.41, 5.74) is -0.230. The van der Waals surface area contributed by atoms with E-state index in [-0.39, 0.29) is 11.8 Å². The molecule has 1 saturated heterocycles. The van der Waals surface area contributed by atoms with Crippen molar-refractivity contribution in [3.05, 3.63) is 35.4 Å². The second kappa shape index (κ2) is 6.11. The second-order valence-electron chi connectivity index (χ2n) is 6.45. The first kappa shape index (κ1) is 16.8. The van der Waals surface area contributed by atoms with Gasteiger partial charge in [0.05, 0.1) is 5.56 Å². The topological polar surface area (TPSA) is 57.6 Å². The van der Waals surface area contributed by atoms with E-state index in [2.05, 4.69) is 0 Å². The second-order valence-corrected chi connectivity index (χ2v) is 6.45. The Bertz CT molecular complexity index is 659. The number of rotatable bonds is 3. The lowest BCUT2D eigenvalue weighted by molar-refractivity contribution is -0.152. The van der Waals surface area contributed by atoms with Crippen LogP contribution in [-0.4, -0.2) is 34.5 Å². The minimum Gasteiger partial charge on any atom is -0.480 e. The van der Waals surface area contributed by atoms with Gasteiger partial charge in [0.1, 0.15) is 6.04 Å². The van der Waals surface area contributed by atoms with Gasteiger partial charge >= 0.3 is 12.1 Å². The number of piperidine rings is 1. The minimum absolute atomic E-state index is 0.246. The molecule has 3 atom stereocenters. The largest absolute Gasteiger partial charge is 0.480 e. The molecular formula is C17H18F3NO3. The normalized spacial score (nSPS) is 27.0. The number of benzene rings is 1. The summed E-state index contributed by atoms with van der Waals surface area (Å²) in [6, 6.07) is 4.22. The van der Waals surface area contributed by atoms with E-state index >= 15 is 0 Å². The van der Waals surface area contributed by atoms with Crippen LogP contribution < -0.4 is 0 Å². The first-order valence-corrected chi connectivity index (χ1v) is 7.99. The quantitative estimate of drug-likeness (QED) is 0.918. The molecule has 3 rings (SSSR count). The van der Waals surface area contributed by atoms with Gasteiger partial charge in [-0.15, -0.1) is 0 Å². The number of carbonyl (C=O) groups is 2. The number of nitrogens with zero attached hydrogens (tertiary/aromatic N) is 1. The molecule has 0 aromatic heterocycles. The first-order valence-electron chi connectivity index (χ1n) is 7.99.